The molecule has 0 radical (unpaired) electrons. The second-order valence-corrected chi connectivity index (χ2v) is 8.63. The van der Waals surface area contributed by atoms with E-state index in [4.69, 9.17) is 10.5 Å². The number of nitrogens with zero attached hydrogens (tertiary/aromatic N) is 2. The third-order valence-electron chi connectivity index (χ3n) is 3.85. The second kappa shape index (κ2) is 5.38. The Hall–Kier alpha value is -0.800. The third kappa shape index (κ3) is 2.25. The molecule has 4 rings (SSSR count). The molecule has 0 bridgehead atoms. The molecule has 0 saturated heterocycles. The predicted octanol–water partition coefficient (Wildman–Crippen LogP) is 4.25. The fraction of sp³-hybridized carbons (Fsp3) is 0.200. The summed E-state index contributed by atoms with van der Waals surface area (Å²) in [4.78, 5) is 8.80. The van der Waals surface area contributed by atoms with Gasteiger partial charge in [0.1, 0.15) is 5.75 Å². The van der Waals surface area contributed by atoms with Crippen LogP contribution in [0.5, 0.6) is 11.6 Å². The van der Waals surface area contributed by atoms with E-state index < -0.39 is 0 Å². The Kier molecular flexibility index (Phi) is 3.61. The summed E-state index contributed by atoms with van der Waals surface area (Å²) >= 11 is 7.44. The van der Waals surface area contributed by atoms with Crippen LogP contribution in [0.25, 0.3) is 0 Å². The lowest BCUT2D eigenvalue weighted by atomic mass is 9.85. The first-order valence-electron chi connectivity index (χ1n) is 6.71. The van der Waals surface area contributed by atoms with Gasteiger partial charge in [0.2, 0.25) is 5.88 Å². The van der Waals surface area contributed by atoms with Gasteiger partial charge in [-0.2, -0.15) is 0 Å². The highest BCUT2D eigenvalue weighted by molar-refractivity contribution is 14.1. The Morgan fingerprint density at radius 1 is 1.32 bits per heavy atom. The Balaban J connectivity index is 2.01. The van der Waals surface area contributed by atoms with Gasteiger partial charge in [0.25, 0.3) is 0 Å². The number of amidine groups is 1. The molecule has 0 saturated carbocycles. The molecule has 1 spiro atoms. The lowest BCUT2D eigenvalue weighted by molar-refractivity contribution is 0.414. The van der Waals surface area contributed by atoms with Gasteiger partial charge in [-0.25, -0.2) is 4.98 Å². The minimum atomic E-state index is -0.285. The summed E-state index contributed by atoms with van der Waals surface area (Å²) < 4.78 is 7.84. The van der Waals surface area contributed by atoms with Gasteiger partial charge in [0.15, 0.2) is 5.17 Å². The minimum absolute atomic E-state index is 0.285. The highest BCUT2D eigenvalue weighted by atomic mass is 127. The molecule has 0 aliphatic carbocycles. The van der Waals surface area contributed by atoms with Crippen molar-refractivity contribution in [2.24, 2.45) is 10.7 Å². The van der Waals surface area contributed by atoms with Crippen molar-refractivity contribution in [2.75, 3.05) is 6.54 Å². The van der Waals surface area contributed by atoms with Crippen molar-refractivity contribution in [1.29, 1.82) is 0 Å². The smallest absolute Gasteiger partial charge is 0.224 e. The molecule has 2 N–H and O–H groups in total. The third-order valence-corrected chi connectivity index (χ3v) is 6.28. The number of hydrogen-bond acceptors (Lipinski definition) is 5. The first-order chi connectivity index (χ1) is 10.6. The Bertz CT molecular complexity index is 760. The van der Waals surface area contributed by atoms with Gasteiger partial charge in [-0.3, -0.25) is 4.99 Å². The first kappa shape index (κ1) is 14.8. The molecule has 2 aliphatic heterocycles. The van der Waals surface area contributed by atoms with Crippen LogP contribution in [-0.2, 0) is 4.75 Å². The number of nitrogens with two attached hydrogens (primary N) is 1. The summed E-state index contributed by atoms with van der Waals surface area (Å²) in [5.41, 5.74) is 8.27. The van der Waals surface area contributed by atoms with Crippen LogP contribution in [0.15, 0.2) is 39.9 Å². The van der Waals surface area contributed by atoms with Crippen molar-refractivity contribution in [2.45, 2.75) is 11.2 Å². The maximum absolute atomic E-state index is 6.07. The standard InChI is InChI=1S/C15H11BrIN3OS/c16-8-5-11-13(20-7-8)21-12-2-1-9(17)6-10(12)15(11)3-4-19-14(18)22-15/h1-2,5-7H,3-4H2,(H2,18,19). The number of fused-ring (bicyclic) bond motifs is 4. The van der Waals surface area contributed by atoms with Crippen molar-refractivity contribution in [1.82, 2.24) is 4.98 Å². The van der Waals surface area contributed by atoms with Crippen LogP contribution in [0, 0.1) is 3.57 Å². The van der Waals surface area contributed by atoms with E-state index in [1.54, 1.807) is 18.0 Å². The molecule has 7 heteroatoms. The van der Waals surface area contributed by atoms with Crippen LogP contribution in [0.4, 0.5) is 0 Å². The fourth-order valence-electron chi connectivity index (χ4n) is 2.92. The molecule has 3 heterocycles. The van der Waals surface area contributed by atoms with Crippen molar-refractivity contribution in [3.8, 4) is 11.6 Å². The van der Waals surface area contributed by atoms with E-state index >= 15 is 0 Å². The summed E-state index contributed by atoms with van der Waals surface area (Å²) in [7, 11) is 0. The van der Waals surface area contributed by atoms with Crippen LogP contribution in [-0.4, -0.2) is 16.7 Å². The van der Waals surface area contributed by atoms with Gasteiger partial charge in [0.05, 0.1) is 4.75 Å². The van der Waals surface area contributed by atoms with Crippen LogP contribution in [0.2, 0.25) is 0 Å². The number of hydrogen-bond donors (Lipinski definition) is 1. The van der Waals surface area contributed by atoms with Crippen molar-refractivity contribution in [3.63, 3.8) is 0 Å². The maximum atomic E-state index is 6.07. The highest BCUT2D eigenvalue weighted by Crippen LogP contribution is 2.57. The number of aliphatic imine (C=N–C) groups is 1. The average Bonchev–Trinajstić information content (AvgIpc) is 2.49. The second-order valence-electron chi connectivity index (χ2n) is 5.15. The van der Waals surface area contributed by atoms with Crippen molar-refractivity contribution >= 4 is 55.5 Å². The summed E-state index contributed by atoms with van der Waals surface area (Å²) in [5.74, 6) is 1.50. The molecule has 1 atom stereocenters. The van der Waals surface area contributed by atoms with Crippen LogP contribution in [0.1, 0.15) is 17.5 Å². The number of halogens is 2. The Morgan fingerprint density at radius 2 is 2.18 bits per heavy atom. The van der Waals surface area contributed by atoms with E-state index in [1.807, 2.05) is 12.1 Å². The normalized spacial score (nSPS) is 22.5. The first-order valence-corrected chi connectivity index (χ1v) is 9.40. The van der Waals surface area contributed by atoms with E-state index in [9.17, 15) is 0 Å². The lowest BCUT2D eigenvalue weighted by Gasteiger charge is -2.40. The van der Waals surface area contributed by atoms with E-state index in [0.29, 0.717) is 17.6 Å². The van der Waals surface area contributed by atoms with Crippen LogP contribution >= 0.6 is 50.3 Å². The molecule has 1 aromatic carbocycles. The Labute approximate surface area is 154 Å². The zero-order valence-electron chi connectivity index (χ0n) is 11.3. The summed E-state index contributed by atoms with van der Waals surface area (Å²) in [6.07, 6.45) is 2.63. The number of rotatable bonds is 0. The predicted molar refractivity (Wildman–Crippen MR) is 101 cm³/mol. The zero-order chi connectivity index (χ0) is 15.3. The SMILES string of the molecule is NC1=NCCC2(S1)c1cc(I)ccc1Oc1ncc(Br)cc12. The monoisotopic (exact) mass is 487 g/mol. The lowest BCUT2D eigenvalue weighted by Crippen LogP contribution is -2.35. The molecule has 22 heavy (non-hydrogen) atoms. The summed E-state index contributed by atoms with van der Waals surface area (Å²) in [5, 5.41) is 0.615. The average molecular weight is 488 g/mol. The number of pyridine rings is 1. The minimum Gasteiger partial charge on any atom is -0.438 e. The zero-order valence-corrected chi connectivity index (χ0v) is 15.9. The number of benzene rings is 1. The molecule has 1 aromatic heterocycles. The fourth-order valence-corrected chi connectivity index (χ4v) is 4.97. The van der Waals surface area contributed by atoms with Crippen molar-refractivity contribution in [3.05, 3.63) is 49.6 Å². The highest BCUT2D eigenvalue weighted by Gasteiger charge is 2.46. The molecule has 2 aliphatic rings. The van der Waals surface area contributed by atoms with Crippen LogP contribution in [0.3, 0.4) is 0 Å². The van der Waals surface area contributed by atoms with Gasteiger partial charge < -0.3 is 10.5 Å². The molecule has 4 nitrogen and oxygen atoms in total. The molecule has 0 amide bonds. The Morgan fingerprint density at radius 3 is 3.00 bits per heavy atom. The molecule has 2 aromatic rings. The molecule has 112 valence electrons. The van der Waals surface area contributed by atoms with Gasteiger partial charge >= 0.3 is 0 Å². The molecule has 0 fully saturated rings. The van der Waals surface area contributed by atoms with Gasteiger partial charge in [-0.1, -0.05) is 11.8 Å². The number of ether oxygens (including phenoxy) is 1. The van der Waals surface area contributed by atoms with E-state index in [0.717, 1.165) is 27.8 Å². The van der Waals surface area contributed by atoms with Crippen LogP contribution < -0.4 is 10.5 Å². The van der Waals surface area contributed by atoms with Gasteiger partial charge in [0, 0.05) is 31.9 Å². The van der Waals surface area contributed by atoms with Gasteiger partial charge in [-0.15, -0.1) is 0 Å². The van der Waals surface area contributed by atoms with E-state index in [2.05, 4.69) is 60.6 Å². The number of aromatic nitrogens is 1. The van der Waals surface area contributed by atoms with E-state index in [-0.39, 0.29) is 4.75 Å². The molecular weight excluding hydrogens is 477 g/mol. The summed E-state index contributed by atoms with van der Waals surface area (Å²) in [6, 6.07) is 8.30. The largest absolute Gasteiger partial charge is 0.438 e. The number of thioether (sulfide) groups is 1. The van der Waals surface area contributed by atoms with E-state index in [1.165, 1.54) is 3.57 Å². The summed E-state index contributed by atoms with van der Waals surface area (Å²) in [6.45, 7) is 0.704. The van der Waals surface area contributed by atoms with Gasteiger partial charge in [-0.05, 0) is 69.2 Å². The van der Waals surface area contributed by atoms with Crippen molar-refractivity contribution < 1.29 is 4.74 Å². The quantitative estimate of drug-likeness (QED) is 0.564. The maximum Gasteiger partial charge on any atom is 0.224 e. The molecule has 1 unspecified atom stereocenters. The molecular formula is C15H11BrIN3OS. The topological polar surface area (TPSA) is 60.5 Å².